The van der Waals surface area contributed by atoms with Gasteiger partial charge in [0.2, 0.25) is 0 Å². The summed E-state index contributed by atoms with van der Waals surface area (Å²) in [7, 11) is 5.96. The molecule has 2 unspecified atom stereocenters. The van der Waals surface area contributed by atoms with Crippen LogP contribution in [-0.4, -0.2) is 87.4 Å². The smallest absolute Gasteiger partial charge is 0.361 e. The van der Waals surface area contributed by atoms with Crippen LogP contribution < -0.4 is 0 Å². The van der Waals surface area contributed by atoms with E-state index in [-0.39, 0.29) is 32.2 Å². The summed E-state index contributed by atoms with van der Waals surface area (Å²) in [4.78, 5) is 37.5. The number of carboxylic acid groups (broad SMARTS) is 1. The lowest BCUT2D eigenvalue weighted by molar-refractivity contribution is -0.870. The average Bonchev–Trinajstić information content (AvgIpc) is 3.41. The lowest BCUT2D eigenvalue weighted by atomic mass is 10.0. The SMILES string of the molecule is CC/C=C\C/C=C\C/C=C\C/C=C\C/C=C\C/C=C\C/C=C\CCCCCC(=O)OC(COC(=O)CCCCCCCCCCCCCCCCCCCCCCCCCCCCCC)COC(OCC[N+](C)(C)C)C(=O)O. The minimum atomic E-state index is -1.52. The van der Waals surface area contributed by atoms with E-state index in [0.717, 1.165) is 83.5 Å². The molecule has 0 bridgehead atoms. The van der Waals surface area contributed by atoms with E-state index in [4.69, 9.17) is 18.9 Å². The van der Waals surface area contributed by atoms with Gasteiger partial charge in [0.25, 0.3) is 6.29 Å². The Hall–Kier alpha value is -3.53. The third-order valence-corrected chi connectivity index (χ3v) is 13.9. The number of aliphatic carboxylic acids is 1. The third kappa shape index (κ3) is 60.1. The number of unbranched alkanes of at least 4 members (excludes halogenated alkanes) is 30. The van der Waals surface area contributed by atoms with E-state index < -0.39 is 24.3 Å². The maximum atomic E-state index is 12.9. The quantitative estimate of drug-likeness (QED) is 0.0211. The fourth-order valence-electron chi connectivity index (χ4n) is 9.00. The number of hydrogen-bond acceptors (Lipinski definition) is 7. The molecule has 0 aromatic rings. The van der Waals surface area contributed by atoms with Crippen molar-refractivity contribution in [2.45, 2.75) is 289 Å². The van der Waals surface area contributed by atoms with Crippen LogP contribution in [0.1, 0.15) is 277 Å². The topological polar surface area (TPSA) is 108 Å². The fraction of sp³-hybridized carbons (Fsp3) is 0.754. The van der Waals surface area contributed by atoms with Gasteiger partial charge in [-0.05, 0) is 70.6 Å². The van der Waals surface area contributed by atoms with Gasteiger partial charge in [0.15, 0.2) is 6.10 Å². The number of rotatable bonds is 59. The van der Waals surface area contributed by atoms with Gasteiger partial charge in [-0.15, -0.1) is 0 Å². The highest BCUT2D eigenvalue weighted by atomic mass is 16.7. The van der Waals surface area contributed by atoms with Crippen molar-refractivity contribution in [2.24, 2.45) is 0 Å². The summed E-state index contributed by atoms with van der Waals surface area (Å²) in [6.07, 6.45) is 76.9. The first-order valence-electron chi connectivity index (χ1n) is 32.3. The molecule has 0 aromatic heterocycles. The fourth-order valence-corrected chi connectivity index (χ4v) is 9.00. The molecule has 9 heteroatoms. The molecule has 0 aliphatic carbocycles. The molecular weight excluding hydrogens is 971 g/mol. The van der Waals surface area contributed by atoms with E-state index in [0.29, 0.717) is 23.9 Å². The number of esters is 2. The number of carbonyl (C=O) groups is 3. The molecule has 450 valence electrons. The van der Waals surface area contributed by atoms with Crippen LogP contribution in [0.25, 0.3) is 0 Å². The van der Waals surface area contributed by atoms with Crippen LogP contribution in [0.15, 0.2) is 85.1 Å². The van der Waals surface area contributed by atoms with Crippen LogP contribution in [-0.2, 0) is 33.3 Å². The molecule has 0 heterocycles. The molecule has 0 fully saturated rings. The second-order valence-corrected chi connectivity index (χ2v) is 22.7. The van der Waals surface area contributed by atoms with E-state index in [1.54, 1.807) is 0 Å². The Morgan fingerprint density at radius 2 is 0.731 bits per heavy atom. The molecule has 2 atom stereocenters. The number of ether oxygens (including phenoxy) is 4. The molecular formula is C69H122NO8+. The second kappa shape index (κ2) is 59.6. The molecule has 0 amide bonds. The summed E-state index contributed by atoms with van der Waals surface area (Å²) < 4.78 is 22.9. The van der Waals surface area contributed by atoms with E-state index in [9.17, 15) is 19.5 Å². The highest BCUT2D eigenvalue weighted by Crippen LogP contribution is 2.17. The molecule has 0 spiro atoms. The number of carboxylic acids is 1. The Labute approximate surface area is 480 Å². The number of hydrogen-bond donors (Lipinski definition) is 1. The summed E-state index contributed by atoms with van der Waals surface area (Å²) in [5.41, 5.74) is 0. The van der Waals surface area contributed by atoms with Gasteiger partial charge in [0, 0.05) is 12.8 Å². The van der Waals surface area contributed by atoms with Crippen molar-refractivity contribution in [3.05, 3.63) is 85.1 Å². The lowest BCUT2D eigenvalue weighted by Gasteiger charge is -2.25. The first-order chi connectivity index (χ1) is 38.1. The van der Waals surface area contributed by atoms with Crippen LogP contribution in [0, 0.1) is 0 Å². The second-order valence-electron chi connectivity index (χ2n) is 22.7. The molecule has 0 aliphatic heterocycles. The van der Waals surface area contributed by atoms with Gasteiger partial charge in [-0.25, -0.2) is 4.79 Å². The summed E-state index contributed by atoms with van der Waals surface area (Å²) >= 11 is 0. The van der Waals surface area contributed by atoms with Crippen molar-refractivity contribution in [1.29, 1.82) is 0 Å². The van der Waals surface area contributed by atoms with Gasteiger partial charge in [0.1, 0.15) is 13.2 Å². The summed E-state index contributed by atoms with van der Waals surface area (Å²) in [5, 5.41) is 9.72. The Kier molecular flexibility index (Phi) is 56.9. The molecule has 78 heavy (non-hydrogen) atoms. The molecule has 0 aliphatic rings. The highest BCUT2D eigenvalue weighted by molar-refractivity contribution is 5.71. The van der Waals surface area contributed by atoms with Crippen LogP contribution >= 0.6 is 0 Å². The Morgan fingerprint density at radius 3 is 1.09 bits per heavy atom. The Balaban J connectivity index is 4.22. The molecule has 9 nitrogen and oxygen atoms in total. The maximum Gasteiger partial charge on any atom is 0.361 e. The summed E-state index contributed by atoms with van der Waals surface area (Å²) in [6, 6.07) is 0. The Morgan fingerprint density at radius 1 is 0.397 bits per heavy atom. The van der Waals surface area contributed by atoms with Gasteiger partial charge in [-0.1, -0.05) is 279 Å². The molecule has 1 N–H and O–H groups in total. The van der Waals surface area contributed by atoms with Gasteiger partial charge >= 0.3 is 17.9 Å². The van der Waals surface area contributed by atoms with Crippen molar-refractivity contribution in [1.82, 2.24) is 0 Å². The number of nitrogens with zero attached hydrogens (tertiary/aromatic N) is 1. The predicted octanol–water partition coefficient (Wildman–Crippen LogP) is 19.5. The number of allylic oxidation sites excluding steroid dienone is 14. The van der Waals surface area contributed by atoms with Crippen molar-refractivity contribution >= 4 is 17.9 Å². The van der Waals surface area contributed by atoms with Crippen LogP contribution in [0.4, 0.5) is 0 Å². The van der Waals surface area contributed by atoms with Gasteiger partial charge in [-0.3, -0.25) is 9.59 Å². The predicted molar refractivity (Wildman–Crippen MR) is 332 cm³/mol. The van der Waals surface area contributed by atoms with Crippen molar-refractivity contribution in [3.63, 3.8) is 0 Å². The molecule has 0 saturated heterocycles. The molecule has 0 rings (SSSR count). The van der Waals surface area contributed by atoms with E-state index in [2.05, 4.69) is 98.9 Å². The average molecular weight is 1090 g/mol. The van der Waals surface area contributed by atoms with Crippen LogP contribution in [0.5, 0.6) is 0 Å². The van der Waals surface area contributed by atoms with Crippen LogP contribution in [0.3, 0.4) is 0 Å². The van der Waals surface area contributed by atoms with Crippen molar-refractivity contribution < 1.29 is 42.9 Å². The molecule has 0 radical (unpaired) electrons. The minimum absolute atomic E-state index is 0.178. The largest absolute Gasteiger partial charge is 0.477 e. The standard InChI is InChI=1S/C69H121NO8/c1-6-8-10-12-14-16-18-20-22-24-26-28-30-32-33-34-36-37-39-41-43-45-47-49-51-53-55-57-59-66(71)76-63-65(64-77-69(68(73)74)75-62-61-70(3,4)5)78-67(72)60-58-56-54-52-50-48-46-44-42-40-38-35-31-29-27-25-23-21-19-17-15-13-11-9-7-2/h9,11,15,17,21,23,27,29,35,38,42,44,48,50,65,69H,6-8,10,12-14,16,18-20,22,24-26,28,30-34,36-37,39-41,43,45-47,49,51-64H2,1-5H3/p+1/b11-9-,17-15-,23-21-,29-27-,38-35-,44-42-,50-48-. The highest BCUT2D eigenvalue weighted by Gasteiger charge is 2.25. The third-order valence-electron chi connectivity index (χ3n) is 13.9. The zero-order valence-corrected chi connectivity index (χ0v) is 51.3. The number of likely N-dealkylation sites (N-methyl/N-ethyl adjacent to an activating group) is 1. The van der Waals surface area contributed by atoms with Crippen molar-refractivity contribution in [3.8, 4) is 0 Å². The van der Waals surface area contributed by atoms with Gasteiger partial charge < -0.3 is 28.5 Å². The first-order valence-corrected chi connectivity index (χ1v) is 32.3. The normalized spacial score (nSPS) is 13.3. The zero-order valence-electron chi connectivity index (χ0n) is 51.3. The molecule has 0 aromatic carbocycles. The van der Waals surface area contributed by atoms with E-state index in [1.807, 2.05) is 21.1 Å². The first kappa shape index (κ1) is 74.5. The summed E-state index contributed by atoms with van der Waals surface area (Å²) in [5.74, 6) is -2.05. The van der Waals surface area contributed by atoms with E-state index >= 15 is 0 Å². The van der Waals surface area contributed by atoms with Crippen LogP contribution in [0.2, 0.25) is 0 Å². The van der Waals surface area contributed by atoms with Gasteiger partial charge in [-0.2, -0.15) is 0 Å². The summed E-state index contributed by atoms with van der Waals surface area (Å²) in [6.45, 7) is 4.75. The van der Waals surface area contributed by atoms with Crippen molar-refractivity contribution in [2.75, 3.05) is 47.5 Å². The lowest BCUT2D eigenvalue weighted by Crippen LogP contribution is -2.40. The van der Waals surface area contributed by atoms with E-state index in [1.165, 1.54) is 161 Å². The zero-order chi connectivity index (χ0) is 56.9. The molecule has 0 saturated carbocycles. The minimum Gasteiger partial charge on any atom is -0.477 e. The monoisotopic (exact) mass is 1090 g/mol. The van der Waals surface area contributed by atoms with Gasteiger partial charge in [0.05, 0.1) is 34.4 Å². The number of carbonyl (C=O) groups excluding carboxylic acids is 2. The number of quaternary nitrogens is 1. The maximum absolute atomic E-state index is 12.9. The Bertz CT molecular complexity index is 1550.